The standard InChI is InChI=1S/C14H16N2O4/c1-2-20-14(17)10-13-4-3-9-15(13)11-5-7-12(8-6-11)16(18)19/h5-8,10H,2-4,9H2,1H3/b13-10+. The van der Waals surface area contributed by atoms with Crippen LogP contribution < -0.4 is 4.90 Å². The van der Waals surface area contributed by atoms with Crippen molar-refractivity contribution in [2.24, 2.45) is 0 Å². The van der Waals surface area contributed by atoms with Crippen molar-refractivity contribution in [2.45, 2.75) is 19.8 Å². The van der Waals surface area contributed by atoms with Gasteiger partial charge in [0.05, 0.1) is 11.5 Å². The zero-order chi connectivity index (χ0) is 14.5. The van der Waals surface area contributed by atoms with Crippen LogP contribution in [0.3, 0.4) is 0 Å². The first-order valence-electron chi connectivity index (χ1n) is 6.51. The third kappa shape index (κ3) is 3.14. The number of nitrogens with zero attached hydrogens (tertiary/aromatic N) is 2. The Labute approximate surface area is 116 Å². The lowest BCUT2D eigenvalue weighted by atomic mass is 10.2. The van der Waals surface area contributed by atoms with Crippen LogP contribution in [-0.4, -0.2) is 24.0 Å². The topological polar surface area (TPSA) is 72.7 Å². The molecule has 0 radical (unpaired) electrons. The lowest BCUT2D eigenvalue weighted by molar-refractivity contribution is -0.384. The fraction of sp³-hybridized carbons (Fsp3) is 0.357. The summed E-state index contributed by atoms with van der Waals surface area (Å²) in [6.07, 6.45) is 3.25. The molecule has 0 N–H and O–H groups in total. The molecule has 1 aliphatic rings. The van der Waals surface area contributed by atoms with E-state index in [9.17, 15) is 14.9 Å². The van der Waals surface area contributed by atoms with Crippen LogP contribution in [0, 0.1) is 10.1 Å². The molecule has 0 aromatic heterocycles. The minimum absolute atomic E-state index is 0.0591. The van der Waals surface area contributed by atoms with Crippen molar-refractivity contribution in [3.8, 4) is 0 Å². The number of anilines is 1. The summed E-state index contributed by atoms with van der Waals surface area (Å²) in [5, 5.41) is 10.6. The number of benzene rings is 1. The molecule has 1 fully saturated rings. The summed E-state index contributed by atoms with van der Waals surface area (Å²) in [5.41, 5.74) is 1.80. The van der Waals surface area contributed by atoms with E-state index in [1.807, 2.05) is 4.90 Å². The van der Waals surface area contributed by atoms with Crippen molar-refractivity contribution < 1.29 is 14.5 Å². The van der Waals surface area contributed by atoms with E-state index in [2.05, 4.69) is 0 Å². The van der Waals surface area contributed by atoms with Crippen LogP contribution in [-0.2, 0) is 9.53 Å². The van der Waals surface area contributed by atoms with E-state index >= 15 is 0 Å². The number of carbonyl (C=O) groups is 1. The number of allylic oxidation sites excluding steroid dienone is 1. The van der Waals surface area contributed by atoms with E-state index in [0.29, 0.717) is 6.61 Å². The average Bonchev–Trinajstić information content (AvgIpc) is 2.87. The quantitative estimate of drug-likeness (QED) is 0.366. The normalized spacial score (nSPS) is 16.4. The summed E-state index contributed by atoms with van der Waals surface area (Å²) >= 11 is 0. The third-order valence-corrected chi connectivity index (χ3v) is 3.10. The zero-order valence-electron chi connectivity index (χ0n) is 11.2. The van der Waals surface area contributed by atoms with Gasteiger partial charge in [0.1, 0.15) is 0 Å². The van der Waals surface area contributed by atoms with Gasteiger partial charge in [-0.25, -0.2) is 4.79 Å². The molecule has 0 bridgehead atoms. The second kappa shape index (κ2) is 6.18. The summed E-state index contributed by atoms with van der Waals surface area (Å²) in [6, 6.07) is 6.33. The highest BCUT2D eigenvalue weighted by atomic mass is 16.6. The van der Waals surface area contributed by atoms with Gasteiger partial charge in [0.15, 0.2) is 0 Å². The molecule has 1 saturated heterocycles. The lowest BCUT2D eigenvalue weighted by Crippen LogP contribution is -2.17. The zero-order valence-corrected chi connectivity index (χ0v) is 11.2. The van der Waals surface area contributed by atoms with Crippen LogP contribution >= 0.6 is 0 Å². The molecule has 6 nitrogen and oxygen atoms in total. The Morgan fingerprint density at radius 1 is 1.45 bits per heavy atom. The Kier molecular flexibility index (Phi) is 4.34. The fourth-order valence-electron chi connectivity index (χ4n) is 2.22. The first kappa shape index (κ1) is 14.0. The maximum atomic E-state index is 11.5. The molecule has 1 heterocycles. The minimum Gasteiger partial charge on any atom is -0.463 e. The van der Waals surface area contributed by atoms with Crippen molar-refractivity contribution >= 4 is 17.3 Å². The van der Waals surface area contributed by atoms with Crippen LogP contribution in [0.4, 0.5) is 11.4 Å². The molecule has 0 saturated carbocycles. The van der Waals surface area contributed by atoms with E-state index in [1.54, 1.807) is 19.1 Å². The van der Waals surface area contributed by atoms with E-state index in [1.165, 1.54) is 18.2 Å². The Morgan fingerprint density at radius 2 is 2.15 bits per heavy atom. The molecule has 20 heavy (non-hydrogen) atoms. The number of carbonyl (C=O) groups excluding carboxylic acids is 1. The highest BCUT2D eigenvalue weighted by molar-refractivity contribution is 5.84. The van der Waals surface area contributed by atoms with Crippen LogP contribution in [0.1, 0.15) is 19.8 Å². The smallest absolute Gasteiger partial charge is 0.332 e. The third-order valence-electron chi connectivity index (χ3n) is 3.10. The molecule has 1 aromatic carbocycles. The predicted octanol–water partition coefficient (Wildman–Crippen LogP) is 2.64. The summed E-state index contributed by atoms with van der Waals surface area (Å²) in [6.45, 7) is 2.91. The van der Waals surface area contributed by atoms with Gasteiger partial charge < -0.3 is 9.64 Å². The average molecular weight is 276 g/mol. The molecule has 106 valence electrons. The summed E-state index contributed by atoms with van der Waals surface area (Å²) in [5.74, 6) is -0.351. The van der Waals surface area contributed by atoms with Gasteiger partial charge in [-0.3, -0.25) is 10.1 Å². The van der Waals surface area contributed by atoms with Crippen molar-refractivity contribution in [2.75, 3.05) is 18.1 Å². The molecule has 0 spiro atoms. The highest BCUT2D eigenvalue weighted by Gasteiger charge is 2.20. The maximum Gasteiger partial charge on any atom is 0.332 e. The van der Waals surface area contributed by atoms with Gasteiger partial charge in [0.2, 0.25) is 0 Å². The second-order valence-electron chi connectivity index (χ2n) is 4.42. The number of nitro benzene ring substituents is 1. The number of hydrogen-bond acceptors (Lipinski definition) is 5. The van der Waals surface area contributed by atoms with Gasteiger partial charge in [-0.05, 0) is 31.9 Å². The van der Waals surface area contributed by atoms with Gasteiger partial charge in [-0.15, -0.1) is 0 Å². The Morgan fingerprint density at radius 3 is 2.75 bits per heavy atom. The van der Waals surface area contributed by atoms with Crippen molar-refractivity contribution in [1.82, 2.24) is 0 Å². The Bertz CT molecular complexity index is 537. The number of esters is 1. The molecular formula is C14H16N2O4. The summed E-state index contributed by atoms with van der Waals surface area (Å²) < 4.78 is 4.91. The molecule has 1 aliphatic heterocycles. The van der Waals surface area contributed by atoms with Crippen LogP contribution in [0.25, 0.3) is 0 Å². The SMILES string of the molecule is CCOC(=O)/C=C1\CCCN1c1ccc([N+](=O)[O-])cc1. The first-order chi connectivity index (χ1) is 9.61. The predicted molar refractivity (Wildman–Crippen MR) is 74.4 cm³/mol. The first-order valence-corrected chi connectivity index (χ1v) is 6.51. The fourth-order valence-corrected chi connectivity index (χ4v) is 2.22. The molecule has 0 aliphatic carbocycles. The number of hydrogen-bond donors (Lipinski definition) is 0. The number of nitro groups is 1. The molecule has 6 heteroatoms. The van der Waals surface area contributed by atoms with Crippen molar-refractivity contribution in [1.29, 1.82) is 0 Å². The second-order valence-corrected chi connectivity index (χ2v) is 4.42. The molecule has 2 rings (SSSR count). The number of non-ortho nitro benzene ring substituents is 1. The van der Waals surface area contributed by atoms with Gasteiger partial charge >= 0.3 is 5.97 Å². The van der Waals surface area contributed by atoms with Crippen LogP contribution in [0.15, 0.2) is 36.0 Å². The van der Waals surface area contributed by atoms with Gasteiger partial charge in [-0.2, -0.15) is 0 Å². The highest BCUT2D eigenvalue weighted by Crippen LogP contribution is 2.29. The summed E-state index contributed by atoms with van der Waals surface area (Å²) in [4.78, 5) is 23.7. The molecular weight excluding hydrogens is 260 g/mol. The van der Waals surface area contributed by atoms with E-state index in [0.717, 1.165) is 30.8 Å². The minimum atomic E-state index is -0.427. The van der Waals surface area contributed by atoms with E-state index in [4.69, 9.17) is 4.74 Å². The number of ether oxygens (including phenoxy) is 1. The summed E-state index contributed by atoms with van der Waals surface area (Å²) in [7, 11) is 0. The number of rotatable bonds is 4. The van der Waals surface area contributed by atoms with Crippen LogP contribution in [0.2, 0.25) is 0 Å². The molecule has 0 unspecified atom stereocenters. The van der Waals surface area contributed by atoms with Crippen LogP contribution in [0.5, 0.6) is 0 Å². The van der Waals surface area contributed by atoms with Crippen molar-refractivity contribution in [3.63, 3.8) is 0 Å². The monoisotopic (exact) mass is 276 g/mol. The molecule has 0 atom stereocenters. The van der Waals surface area contributed by atoms with Gasteiger partial charge in [0, 0.05) is 36.1 Å². The lowest BCUT2D eigenvalue weighted by Gasteiger charge is -2.19. The van der Waals surface area contributed by atoms with Gasteiger partial charge in [-0.1, -0.05) is 0 Å². The van der Waals surface area contributed by atoms with E-state index in [-0.39, 0.29) is 11.7 Å². The Balaban J connectivity index is 2.18. The van der Waals surface area contributed by atoms with E-state index < -0.39 is 4.92 Å². The van der Waals surface area contributed by atoms with Crippen molar-refractivity contribution in [3.05, 3.63) is 46.2 Å². The largest absolute Gasteiger partial charge is 0.463 e. The maximum absolute atomic E-state index is 11.5. The molecule has 1 aromatic rings. The molecule has 0 amide bonds. The van der Waals surface area contributed by atoms with Gasteiger partial charge in [0.25, 0.3) is 5.69 Å². The Hall–Kier alpha value is -2.37.